The number of benzene rings is 1. The van der Waals surface area contributed by atoms with E-state index in [4.69, 9.17) is 17.3 Å². The Morgan fingerprint density at radius 1 is 1.44 bits per heavy atom. The molecule has 1 unspecified atom stereocenters. The second-order valence-electron chi connectivity index (χ2n) is 6.04. The van der Waals surface area contributed by atoms with Crippen LogP contribution in [0, 0.1) is 11.3 Å². The molecule has 1 heterocycles. The summed E-state index contributed by atoms with van der Waals surface area (Å²) in [6, 6.07) is 9.17. The number of Topliss-reactive ketones (excluding diaryl/α,β-unsaturated/α-hetero) is 1. The van der Waals surface area contributed by atoms with Crippen LogP contribution in [0.4, 0.5) is 0 Å². The normalized spacial score (nSPS) is 20.3. The van der Waals surface area contributed by atoms with Crippen molar-refractivity contribution in [2.45, 2.75) is 32.1 Å². The van der Waals surface area contributed by atoms with Crippen molar-refractivity contribution in [2.24, 2.45) is 5.73 Å². The maximum Gasteiger partial charge on any atom is 0.235 e. The van der Waals surface area contributed by atoms with Gasteiger partial charge >= 0.3 is 0 Å². The monoisotopic (exact) mass is 356 g/mol. The molecule has 1 aromatic rings. The van der Waals surface area contributed by atoms with Crippen molar-refractivity contribution in [3.63, 3.8) is 0 Å². The molecule has 3 N–H and O–H groups in total. The third kappa shape index (κ3) is 2.99. The number of rotatable bonds is 2. The van der Waals surface area contributed by atoms with E-state index in [-0.39, 0.29) is 23.1 Å². The molecular formula is C18H17ClN4O2. The number of nitrogens with one attached hydrogen (secondary N) is 1. The molecule has 1 aliphatic carbocycles. The Bertz CT molecular complexity index is 866. The lowest BCUT2D eigenvalue weighted by molar-refractivity contribution is -0.123. The number of nitrogens with two attached hydrogens (primary N) is 1. The summed E-state index contributed by atoms with van der Waals surface area (Å²) in [5.74, 6) is -0.805. The maximum atomic E-state index is 12.7. The fourth-order valence-electron chi connectivity index (χ4n) is 3.39. The van der Waals surface area contributed by atoms with E-state index < -0.39 is 5.92 Å². The van der Waals surface area contributed by atoms with Gasteiger partial charge in [-0.2, -0.15) is 5.26 Å². The fourth-order valence-corrected chi connectivity index (χ4v) is 3.59. The Morgan fingerprint density at radius 3 is 2.84 bits per heavy atom. The van der Waals surface area contributed by atoms with Crippen molar-refractivity contribution in [1.29, 1.82) is 5.26 Å². The Labute approximate surface area is 150 Å². The van der Waals surface area contributed by atoms with E-state index >= 15 is 0 Å². The third-order valence-corrected chi connectivity index (χ3v) is 4.60. The van der Waals surface area contributed by atoms with Crippen LogP contribution in [0.25, 0.3) is 0 Å². The molecule has 1 amide bonds. The van der Waals surface area contributed by atoms with E-state index in [1.807, 2.05) is 6.07 Å². The van der Waals surface area contributed by atoms with Crippen LogP contribution >= 0.6 is 11.6 Å². The van der Waals surface area contributed by atoms with Gasteiger partial charge in [-0.3, -0.25) is 15.0 Å². The number of nitrogens with zero attached hydrogens (tertiary/aromatic N) is 2. The molecular weight excluding hydrogens is 340 g/mol. The topological polar surface area (TPSA) is 99.2 Å². The van der Waals surface area contributed by atoms with Gasteiger partial charge in [0.25, 0.3) is 0 Å². The quantitative estimate of drug-likeness (QED) is 0.848. The van der Waals surface area contributed by atoms with Gasteiger partial charge in [0.2, 0.25) is 5.91 Å². The minimum Gasteiger partial charge on any atom is -0.383 e. The zero-order chi connectivity index (χ0) is 18.1. The lowest BCUT2D eigenvalue weighted by Crippen LogP contribution is -2.47. The summed E-state index contributed by atoms with van der Waals surface area (Å²) in [5, 5.41) is 11.6. The largest absolute Gasteiger partial charge is 0.383 e. The van der Waals surface area contributed by atoms with Gasteiger partial charge in [0.15, 0.2) is 5.78 Å². The first-order valence-corrected chi connectivity index (χ1v) is 8.30. The molecule has 7 heteroatoms. The number of nitriles is 1. The van der Waals surface area contributed by atoms with Crippen LogP contribution in [0.2, 0.25) is 5.02 Å². The smallest absolute Gasteiger partial charge is 0.235 e. The summed E-state index contributed by atoms with van der Waals surface area (Å²) in [6.07, 6.45) is 1.67. The Kier molecular flexibility index (Phi) is 4.51. The number of carbonyl (C=O) groups is 2. The highest BCUT2D eigenvalue weighted by atomic mass is 35.5. The van der Waals surface area contributed by atoms with E-state index in [0.29, 0.717) is 35.6 Å². The standard InChI is InChI=1S/C18H17ClN4O2/c1-10(24)22-23-14-6-3-7-15(25)17(14)16(13(9-20)18(23)21)11-4-2-5-12(19)8-11/h2,4-5,8,16H,3,6-7,21H2,1H3,(H,22,24). The lowest BCUT2D eigenvalue weighted by atomic mass is 9.76. The highest BCUT2D eigenvalue weighted by molar-refractivity contribution is 6.30. The fraction of sp³-hybridized carbons (Fsp3) is 0.278. The number of carbonyl (C=O) groups excluding carboxylic acids is 2. The number of halogens is 1. The van der Waals surface area contributed by atoms with Crippen molar-refractivity contribution in [3.05, 3.63) is 57.5 Å². The molecule has 0 fully saturated rings. The number of ketones is 1. The van der Waals surface area contributed by atoms with Crippen LogP contribution in [0.3, 0.4) is 0 Å². The minimum atomic E-state index is -0.573. The van der Waals surface area contributed by atoms with E-state index in [9.17, 15) is 14.9 Å². The van der Waals surface area contributed by atoms with Crippen LogP contribution in [0.1, 0.15) is 37.7 Å². The van der Waals surface area contributed by atoms with Gasteiger partial charge in [-0.05, 0) is 30.5 Å². The summed E-state index contributed by atoms with van der Waals surface area (Å²) < 4.78 is 0. The highest BCUT2D eigenvalue weighted by Gasteiger charge is 2.40. The Hall–Kier alpha value is -2.78. The van der Waals surface area contributed by atoms with Crippen molar-refractivity contribution < 1.29 is 9.59 Å². The average molecular weight is 357 g/mol. The molecule has 0 saturated carbocycles. The average Bonchev–Trinajstić information content (AvgIpc) is 2.57. The van der Waals surface area contributed by atoms with Crippen LogP contribution in [0.5, 0.6) is 0 Å². The van der Waals surface area contributed by atoms with Crippen LogP contribution in [-0.2, 0) is 9.59 Å². The molecule has 1 aliphatic heterocycles. The van der Waals surface area contributed by atoms with Gasteiger partial charge < -0.3 is 5.73 Å². The lowest BCUT2D eigenvalue weighted by Gasteiger charge is -2.39. The van der Waals surface area contributed by atoms with Gasteiger partial charge in [0.1, 0.15) is 5.82 Å². The van der Waals surface area contributed by atoms with Gasteiger partial charge in [-0.15, -0.1) is 0 Å². The van der Waals surface area contributed by atoms with Crippen molar-refractivity contribution in [3.8, 4) is 6.07 Å². The number of amides is 1. The number of hydrogen-bond acceptors (Lipinski definition) is 5. The molecule has 2 aliphatic rings. The van der Waals surface area contributed by atoms with E-state index in [0.717, 1.165) is 5.56 Å². The summed E-state index contributed by atoms with van der Waals surface area (Å²) in [4.78, 5) is 24.3. The maximum absolute atomic E-state index is 12.7. The number of hydrogen-bond donors (Lipinski definition) is 2. The molecule has 0 saturated heterocycles. The van der Waals surface area contributed by atoms with Gasteiger partial charge in [-0.25, -0.2) is 5.01 Å². The number of hydrazine groups is 1. The summed E-state index contributed by atoms with van der Waals surface area (Å²) in [6.45, 7) is 1.35. The summed E-state index contributed by atoms with van der Waals surface area (Å²) in [5.41, 5.74) is 10.9. The second-order valence-corrected chi connectivity index (χ2v) is 6.48. The molecule has 0 bridgehead atoms. The third-order valence-electron chi connectivity index (χ3n) is 4.36. The first-order valence-electron chi connectivity index (χ1n) is 7.92. The molecule has 128 valence electrons. The van der Waals surface area contributed by atoms with E-state index in [1.54, 1.807) is 18.2 Å². The van der Waals surface area contributed by atoms with Crippen LogP contribution < -0.4 is 11.2 Å². The minimum absolute atomic E-state index is 0.0400. The van der Waals surface area contributed by atoms with E-state index in [2.05, 4.69) is 11.5 Å². The van der Waals surface area contributed by atoms with Crippen LogP contribution in [0.15, 0.2) is 46.9 Å². The molecule has 6 nitrogen and oxygen atoms in total. The molecule has 3 rings (SSSR count). The second kappa shape index (κ2) is 6.61. The first kappa shape index (κ1) is 17.1. The van der Waals surface area contributed by atoms with Gasteiger partial charge in [0, 0.05) is 29.6 Å². The molecule has 25 heavy (non-hydrogen) atoms. The molecule has 1 aromatic carbocycles. The van der Waals surface area contributed by atoms with Crippen molar-refractivity contribution >= 4 is 23.3 Å². The zero-order valence-electron chi connectivity index (χ0n) is 13.7. The summed E-state index contributed by atoms with van der Waals surface area (Å²) in [7, 11) is 0. The van der Waals surface area contributed by atoms with Crippen molar-refractivity contribution in [1.82, 2.24) is 10.4 Å². The molecule has 0 radical (unpaired) electrons. The van der Waals surface area contributed by atoms with Gasteiger partial charge in [-0.1, -0.05) is 23.7 Å². The molecule has 0 aromatic heterocycles. The molecule has 1 atom stereocenters. The zero-order valence-corrected chi connectivity index (χ0v) is 14.4. The van der Waals surface area contributed by atoms with Crippen molar-refractivity contribution in [2.75, 3.05) is 0 Å². The van der Waals surface area contributed by atoms with Crippen LogP contribution in [-0.4, -0.2) is 16.7 Å². The predicted molar refractivity (Wildman–Crippen MR) is 92.6 cm³/mol. The SMILES string of the molecule is CC(=O)NN1C(N)=C(C#N)C(c2cccc(Cl)c2)C2=C1CCCC2=O. The Balaban J connectivity index is 2.24. The number of allylic oxidation sites excluding steroid dienone is 3. The molecule has 0 spiro atoms. The highest BCUT2D eigenvalue weighted by Crippen LogP contribution is 2.44. The first-order chi connectivity index (χ1) is 11.9. The Morgan fingerprint density at radius 2 is 2.20 bits per heavy atom. The summed E-state index contributed by atoms with van der Waals surface area (Å²) >= 11 is 6.10. The van der Waals surface area contributed by atoms with Gasteiger partial charge in [0.05, 0.1) is 17.6 Å². The van der Waals surface area contributed by atoms with E-state index in [1.165, 1.54) is 11.9 Å². The predicted octanol–water partition coefficient (Wildman–Crippen LogP) is 2.49.